The molecule has 0 unspecified atom stereocenters. The number of nitrogens with zero attached hydrogens (tertiary/aromatic N) is 3. The molecule has 1 aromatic rings. The maximum Gasteiger partial charge on any atom is 0.248 e. The van der Waals surface area contributed by atoms with Crippen LogP contribution in [-0.4, -0.2) is 45.6 Å². The van der Waals surface area contributed by atoms with Crippen molar-refractivity contribution in [3.8, 4) is 0 Å². The van der Waals surface area contributed by atoms with E-state index in [0.717, 1.165) is 30.9 Å². The summed E-state index contributed by atoms with van der Waals surface area (Å²) >= 11 is 0. The highest BCUT2D eigenvalue weighted by atomic mass is 16.3. The number of likely N-dealkylation sites (tertiary alicyclic amines) is 1. The van der Waals surface area contributed by atoms with Crippen molar-refractivity contribution in [2.24, 2.45) is 0 Å². The fourth-order valence-corrected chi connectivity index (χ4v) is 2.25. The Hall–Kier alpha value is -1.49. The SMILES string of the molecule is Cc1nccc([C@@H]2CCCN(C(=O)CO)C2)n1. The number of aliphatic hydroxyl groups is 1. The Labute approximate surface area is 100 Å². The number of aliphatic hydroxyl groups excluding tert-OH is 1. The molecule has 0 aromatic carbocycles. The van der Waals surface area contributed by atoms with E-state index in [4.69, 9.17) is 5.11 Å². The zero-order valence-corrected chi connectivity index (χ0v) is 9.96. The first-order chi connectivity index (χ1) is 8.20. The molecule has 1 aromatic heterocycles. The molecule has 1 fully saturated rings. The molecule has 1 N–H and O–H groups in total. The fourth-order valence-electron chi connectivity index (χ4n) is 2.25. The smallest absolute Gasteiger partial charge is 0.248 e. The Balaban J connectivity index is 2.09. The molecule has 1 aliphatic rings. The lowest BCUT2D eigenvalue weighted by molar-refractivity contribution is -0.135. The second kappa shape index (κ2) is 5.23. The molecule has 1 aliphatic heterocycles. The first kappa shape index (κ1) is 12.0. The molecule has 0 bridgehead atoms. The van der Waals surface area contributed by atoms with Crippen LogP contribution in [0.4, 0.5) is 0 Å². The summed E-state index contributed by atoms with van der Waals surface area (Å²) < 4.78 is 0. The van der Waals surface area contributed by atoms with E-state index < -0.39 is 6.61 Å². The van der Waals surface area contributed by atoms with Crippen LogP contribution < -0.4 is 0 Å². The van der Waals surface area contributed by atoms with Gasteiger partial charge in [0.15, 0.2) is 0 Å². The van der Waals surface area contributed by atoms with Crippen molar-refractivity contribution in [3.05, 3.63) is 23.8 Å². The van der Waals surface area contributed by atoms with Crippen LogP contribution in [0, 0.1) is 6.92 Å². The Morgan fingerprint density at radius 2 is 2.47 bits per heavy atom. The summed E-state index contributed by atoms with van der Waals surface area (Å²) in [4.78, 5) is 21.6. The largest absolute Gasteiger partial charge is 0.387 e. The van der Waals surface area contributed by atoms with E-state index in [-0.39, 0.29) is 11.8 Å². The highest BCUT2D eigenvalue weighted by molar-refractivity contribution is 5.77. The average molecular weight is 235 g/mol. The van der Waals surface area contributed by atoms with Gasteiger partial charge in [0.1, 0.15) is 12.4 Å². The van der Waals surface area contributed by atoms with Crippen molar-refractivity contribution in [1.29, 1.82) is 0 Å². The number of aryl methyl sites for hydroxylation is 1. The second-order valence-electron chi connectivity index (χ2n) is 4.37. The highest BCUT2D eigenvalue weighted by Crippen LogP contribution is 2.25. The number of carbonyl (C=O) groups excluding carboxylic acids is 1. The first-order valence-corrected chi connectivity index (χ1v) is 5.89. The number of rotatable bonds is 2. The van der Waals surface area contributed by atoms with Gasteiger partial charge in [-0.15, -0.1) is 0 Å². The number of hydrogen-bond acceptors (Lipinski definition) is 4. The molecule has 1 saturated heterocycles. The van der Waals surface area contributed by atoms with Gasteiger partial charge < -0.3 is 10.0 Å². The zero-order valence-electron chi connectivity index (χ0n) is 9.96. The minimum atomic E-state index is -0.407. The normalized spacial score (nSPS) is 20.4. The molecule has 1 amide bonds. The van der Waals surface area contributed by atoms with Crippen LogP contribution in [0.1, 0.15) is 30.3 Å². The van der Waals surface area contributed by atoms with E-state index in [1.807, 2.05) is 13.0 Å². The van der Waals surface area contributed by atoms with Gasteiger partial charge >= 0.3 is 0 Å². The Kier molecular flexibility index (Phi) is 3.68. The lowest BCUT2D eigenvalue weighted by Crippen LogP contribution is -2.40. The van der Waals surface area contributed by atoms with Crippen LogP contribution >= 0.6 is 0 Å². The van der Waals surface area contributed by atoms with Crippen LogP contribution in [-0.2, 0) is 4.79 Å². The molecule has 0 radical (unpaired) electrons. The third-order valence-corrected chi connectivity index (χ3v) is 3.13. The number of hydrogen-bond donors (Lipinski definition) is 1. The molecule has 2 heterocycles. The van der Waals surface area contributed by atoms with Gasteiger partial charge in [0.2, 0.25) is 5.91 Å². The molecular weight excluding hydrogens is 218 g/mol. The van der Waals surface area contributed by atoms with Gasteiger partial charge in [-0.25, -0.2) is 9.97 Å². The predicted octanol–water partition coefficient (Wildman–Crippen LogP) is 0.483. The molecule has 92 valence electrons. The average Bonchev–Trinajstić information content (AvgIpc) is 2.38. The Bertz CT molecular complexity index is 408. The van der Waals surface area contributed by atoms with Gasteiger partial charge in [-0.1, -0.05) is 0 Å². The number of aromatic nitrogens is 2. The van der Waals surface area contributed by atoms with Crippen LogP contribution in [0.15, 0.2) is 12.3 Å². The topological polar surface area (TPSA) is 66.3 Å². The summed E-state index contributed by atoms with van der Waals surface area (Å²) in [7, 11) is 0. The van der Waals surface area contributed by atoms with Gasteiger partial charge in [0, 0.05) is 30.9 Å². The molecule has 2 rings (SSSR count). The van der Waals surface area contributed by atoms with Gasteiger partial charge in [-0.05, 0) is 25.8 Å². The van der Waals surface area contributed by atoms with E-state index in [0.29, 0.717) is 6.54 Å². The molecule has 0 saturated carbocycles. The summed E-state index contributed by atoms with van der Waals surface area (Å²) in [6.07, 6.45) is 3.75. The predicted molar refractivity (Wildman–Crippen MR) is 62.4 cm³/mol. The van der Waals surface area contributed by atoms with Gasteiger partial charge in [0.05, 0.1) is 0 Å². The molecule has 5 heteroatoms. The van der Waals surface area contributed by atoms with Crippen LogP contribution in [0.5, 0.6) is 0 Å². The molecule has 0 aliphatic carbocycles. The van der Waals surface area contributed by atoms with Crippen LogP contribution in [0.2, 0.25) is 0 Å². The lowest BCUT2D eigenvalue weighted by atomic mass is 9.94. The molecule has 1 atom stereocenters. The summed E-state index contributed by atoms with van der Waals surface area (Å²) in [6.45, 7) is 2.84. The fraction of sp³-hybridized carbons (Fsp3) is 0.583. The van der Waals surface area contributed by atoms with Gasteiger partial charge in [-0.3, -0.25) is 4.79 Å². The maximum absolute atomic E-state index is 11.5. The van der Waals surface area contributed by atoms with E-state index in [1.54, 1.807) is 11.1 Å². The molecule has 17 heavy (non-hydrogen) atoms. The minimum absolute atomic E-state index is 0.194. The van der Waals surface area contributed by atoms with E-state index in [1.165, 1.54) is 0 Å². The standard InChI is InChI=1S/C12H17N3O2/c1-9-13-5-4-11(14-9)10-3-2-6-15(7-10)12(17)8-16/h4-5,10,16H,2-3,6-8H2,1H3/t10-/m1/s1. The number of amides is 1. The first-order valence-electron chi connectivity index (χ1n) is 5.89. The summed E-state index contributed by atoms with van der Waals surface area (Å²) in [5, 5.41) is 8.87. The quantitative estimate of drug-likeness (QED) is 0.810. The summed E-state index contributed by atoms with van der Waals surface area (Å²) in [5.41, 5.74) is 0.993. The molecule has 0 spiro atoms. The zero-order chi connectivity index (χ0) is 12.3. The van der Waals surface area contributed by atoms with Crippen molar-refractivity contribution in [1.82, 2.24) is 14.9 Å². The summed E-state index contributed by atoms with van der Waals surface area (Å²) in [5.74, 6) is 0.828. The number of piperidine rings is 1. The van der Waals surface area contributed by atoms with E-state index in [2.05, 4.69) is 9.97 Å². The van der Waals surface area contributed by atoms with Gasteiger partial charge in [-0.2, -0.15) is 0 Å². The highest BCUT2D eigenvalue weighted by Gasteiger charge is 2.25. The van der Waals surface area contributed by atoms with Crippen LogP contribution in [0.25, 0.3) is 0 Å². The van der Waals surface area contributed by atoms with Crippen molar-refractivity contribution in [2.45, 2.75) is 25.7 Å². The minimum Gasteiger partial charge on any atom is -0.387 e. The van der Waals surface area contributed by atoms with Crippen LogP contribution in [0.3, 0.4) is 0 Å². The molecule has 5 nitrogen and oxygen atoms in total. The summed E-state index contributed by atoms with van der Waals surface area (Å²) in [6, 6.07) is 1.91. The monoisotopic (exact) mass is 235 g/mol. The maximum atomic E-state index is 11.5. The Morgan fingerprint density at radius 3 is 3.18 bits per heavy atom. The lowest BCUT2D eigenvalue weighted by Gasteiger charge is -2.32. The van der Waals surface area contributed by atoms with Crippen molar-refractivity contribution in [3.63, 3.8) is 0 Å². The molecular formula is C12H17N3O2. The van der Waals surface area contributed by atoms with Crippen molar-refractivity contribution >= 4 is 5.91 Å². The van der Waals surface area contributed by atoms with Crippen molar-refractivity contribution in [2.75, 3.05) is 19.7 Å². The van der Waals surface area contributed by atoms with Crippen molar-refractivity contribution < 1.29 is 9.90 Å². The third kappa shape index (κ3) is 2.79. The van der Waals surface area contributed by atoms with Gasteiger partial charge in [0.25, 0.3) is 0 Å². The second-order valence-corrected chi connectivity index (χ2v) is 4.37. The Morgan fingerprint density at radius 1 is 1.65 bits per heavy atom. The number of carbonyl (C=O) groups is 1. The van der Waals surface area contributed by atoms with E-state index in [9.17, 15) is 4.79 Å². The van der Waals surface area contributed by atoms with E-state index >= 15 is 0 Å². The third-order valence-electron chi connectivity index (χ3n) is 3.13.